The normalized spacial score (nSPS) is 24.5. The Morgan fingerprint density at radius 2 is 2.00 bits per heavy atom. The van der Waals surface area contributed by atoms with Crippen molar-refractivity contribution in [2.75, 3.05) is 14.2 Å². The molecule has 1 aliphatic rings. The SMILES string of the molecule is COC(=O)C[C@@H]1CCC[C@H](C[C@H](O)c2ccccc2)N1C. The van der Waals surface area contributed by atoms with Crippen LogP contribution < -0.4 is 0 Å². The number of hydrogen-bond acceptors (Lipinski definition) is 4. The monoisotopic (exact) mass is 291 g/mol. The van der Waals surface area contributed by atoms with Crippen LogP contribution in [0.15, 0.2) is 30.3 Å². The van der Waals surface area contributed by atoms with Crippen molar-refractivity contribution >= 4 is 5.97 Å². The average molecular weight is 291 g/mol. The molecule has 1 heterocycles. The summed E-state index contributed by atoms with van der Waals surface area (Å²) >= 11 is 0. The molecular weight excluding hydrogens is 266 g/mol. The number of esters is 1. The standard InChI is InChI=1S/C17H25NO3/c1-18-14(9-6-10-15(18)12-17(20)21-2)11-16(19)13-7-4-3-5-8-13/h3-5,7-8,14-16,19H,6,9-12H2,1-2H3/t14-,15+,16+/m1/s1. The highest BCUT2D eigenvalue weighted by atomic mass is 16.5. The Kier molecular flexibility index (Phi) is 5.76. The van der Waals surface area contributed by atoms with Gasteiger partial charge in [0, 0.05) is 12.1 Å². The highest BCUT2D eigenvalue weighted by molar-refractivity contribution is 5.69. The third kappa shape index (κ3) is 4.29. The molecule has 3 atom stereocenters. The second-order valence-corrected chi connectivity index (χ2v) is 5.85. The van der Waals surface area contributed by atoms with Crippen molar-refractivity contribution in [3.05, 3.63) is 35.9 Å². The molecule has 0 aliphatic carbocycles. The predicted octanol–water partition coefficient (Wildman–Crippen LogP) is 2.53. The van der Waals surface area contributed by atoms with Crippen LogP contribution in [0.1, 0.15) is 43.8 Å². The molecule has 4 heteroatoms. The molecule has 1 fully saturated rings. The number of aliphatic hydroxyl groups is 1. The van der Waals surface area contributed by atoms with Gasteiger partial charge < -0.3 is 9.84 Å². The number of benzene rings is 1. The molecule has 0 radical (unpaired) electrons. The van der Waals surface area contributed by atoms with Crippen molar-refractivity contribution in [3.8, 4) is 0 Å². The first-order valence-corrected chi connectivity index (χ1v) is 7.63. The summed E-state index contributed by atoms with van der Waals surface area (Å²) in [5, 5.41) is 10.4. The highest BCUT2D eigenvalue weighted by Gasteiger charge is 2.30. The van der Waals surface area contributed by atoms with Crippen molar-refractivity contribution in [2.24, 2.45) is 0 Å². The summed E-state index contributed by atoms with van der Waals surface area (Å²) in [4.78, 5) is 13.7. The van der Waals surface area contributed by atoms with Gasteiger partial charge in [0.2, 0.25) is 0 Å². The Morgan fingerprint density at radius 1 is 1.33 bits per heavy atom. The summed E-state index contributed by atoms with van der Waals surface area (Å²) in [6.45, 7) is 0. The summed E-state index contributed by atoms with van der Waals surface area (Å²) in [5.74, 6) is -0.156. The topological polar surface area (TPSA) is 49.8 Å². The molecule has 1 aliphatic heterocycles. The van der Waals surface area contributed by atoms with Crippen molar-refractivity contribution in [3.63, 3.8) is 0 Å². The number of rotatable bonds is 5. The summed E-state index contributed by atoms with van der Waals surface area (Å²) < 4.78 is 4.77. The lowest BCUT2D eigenvalue weighted by Gasteiger charge is -2.40. The van der Waals surface area contributed by atoms with Crippen LogP contribution in [0.4, 0.5) is 0 Å². The largest absolute Gasteiger partial charge is 0.469 e. The van der Waals surface area contributed by atoms with E-state index >= 15 is 0 Å². The van der Waals surface area contributed by atoms with Crippen LogP contribution in [0, 0.1) is 0 Å². The highest BCUT2D eigenvalue weighted by Crippen LogP contribution is 2.29. The van der Waals surface area contributed by atoms with Crippen LogP contribution in [0.5, 0.6) is 0 Å². The van der Waals surface area contributed by atoms with Gasteiger partial charge in [-0.25, -0.2) is 0 Å². The first kappa shape index (κ1) is 16.0. The molecule has 1 aromatic rings. The molecule has 116 valence electrons. The third-order valence-electron chi connectivity index (χ3n) is 4.54. The lowest BCUT2D eigenvalue weighted by atomic mass is 9.90. The second kappa shape index (κ2) is 7.57. The van der Waals surface area contributed by atoms with E-state index in [4.69, 9.17) is 4.74 Å². The van der Waals surface area contributed by atoms with E-state index in [-0.39, 0.29) is 12.0 Å². The van der Waals surface area contributed by atoms with E-state index in [0.29, 0.717) is 18.9 Å². The third-order valence-corrected chi connectivity index (χ3v) is 4.54. The van der Waals surface area contributed by atoms with Crippen molar-refractivity contribution in [2.45, 2.75) is 50.3 Å². The molecular formula is C17H25NO3. The molecule has 1 N–H and O–H groups in total. The van der Waals surface area contributed by atoms with Gasteiger partial charge in [-0.1, -0.05) is 36.8 Å². The fraction of sp³-hybridized carbons (Fsp3) is 0.588. The zero-order valence-electron chi connectivity index (χ0n) is 12.9. The molecule has 0 bridgehead atoms. The van der Waals surface area contributed by atoms with Crippen LogP contribution in [-0.4, -0.2) is 42.2 Å². The van der Waals surface area contributed by atoms with Crippen LogP contribution in [-0.2, 0) is 9.53 Å². The fourth-order valence-electron chi connectivity index (χ4n) is 3.17. The number of likely N-dealkylation sites (tertiary alicyclic amines) is 1. The number of hydrogen-bond donors (Lipinski definition) is 1. The van der Waals surface area contributed by atoms with E-state index < -0.39 is 6.10 Å². The maximum Gasteiger partial charge on any atom is 0.307 e. The zero-order chi connectivity index (χ0) is 15.2. The molecule has 0 unspecified atom stereocenters. The quantitative estimate of drug-likeness (QED) is 0.847. The van der Waals surface area contributed by atoms with E-state index in [0.717, 1.165) is 24.8 Å². The number of piperidine rings is 1. The number of carbonyl (C=O) groups is 1. The Bertz CT molecular complexity index is 449. The van der Waals surface area contributed by atoms with Gasteiger partial charge in [-0.05, 0) is 31.9 Å². The lowest BCUT2D eigenvalue weighted by molar-refractivity contribution is -0.142. The van der Waals surface area contributed by atoms with Gasteiger partial charge in [-0.15, -0.1) is 0 Å². The van der Waals surface area contributed by atoms with Gasteiger partial charge in [0.25, 0.3) is 0 Å². The summed E-state index contributed by atoms with van der Waals surface area (Å²) in [5.41, 5.74) is 0.959. The Balaban J connectivity index is 1.94. The van der Waals surface area contributed by atoms with Gasteiger partial charge in [-0.2, -0.15) is 0 Å². The lowest BCUT2D eigenvalue weighted by Crippen LogP contribution is -2.45. The maximum absolute atomic E-state index is 11.5. The van der Waals surface area contributed by atoms with Gasteiger partial charge >= 0.3 is 5.97 Å². The Morgan fingerprint density at radius 3 is 2.67 bits per heavy atom. The van der Waals surface area contributed by atoms with Gasteiger partial charge in [0.1, 0.15) is 0 Å². The minimum Gasteiger partial charge on any atom is -0.469 e. The number of ether oxygens (including phenoxy) is 1. The predicted molar refractivity (Wildman–Crippen MR) is 81.8 cm³/mol. The molecule has 21 heavy (non-hydrogen) atoms. The smallest absolute Gasteiger partial charge is 0.307 e. The van der Waals surface area contributed by atoms with Crippen LogP contribution in [0.3, 0.4) is 0 Å². The van der Waals surface area contributed by atoms with Crippen molar-refractivity contribution in [1.29, 1.82) is 0 Å². The van der Waals surface area contributed by atoms with Crippen molar-refractivity contribution in [1.82, 2.24) is 4.90 Å². The van der Waals surface area contributed by atoms with E-state index in [9.17, 15) is 9.90 Å². The molecule has 0 amide bonds. The molecule has 4 nitrogen and oxygen atoms in total. The maximum atomic E-state index is 11.5. The first-order valence-electron chi connectivity index (χ1n) is 7.63. The van der Waals surface area contributed by atoms with E-state index in [1.165, 1.54) is 7.11 Å². The summed E-state index contributed by atoms with van der Waals surface area (Å²) in [7, 11) is 3.48. The second-order valence-electron chi connectivity index (χ2n) is 5.85. The molecule has 0 spiro atoms. The molecule has 1 aromatic carbocycles. The molecule has 0 aromatic heterocycles. The van der Waals surface area contributed by atoms with E-state index in [1.54, 1.807) is 0 Å². The van der Waals surface area contributed by atoms with Gasteiger partial charge in [0.05, 0.1) is 19.6 Å². The average Bonchev–Trinajstić information content (AvgIpc) is 2.52. The molecule has 0 saturated carbocycles. The van der Waals surface area contributed by atoms with Gasteiger partial charge in [0.15, 0.2) is 0 Å². The molecule has 2 rings (SSSR count). The number of carbonyl (C=O) groups excluding carboxylic acids is 1. The summed E-state index contributed by atoms with van der Waals surface area (Å²) in [6.07, 6.45) is 3.87. The van der Waals surface area contributed by atoms with Crippen molar-refractivity contribution < 1.29 is 14.6 Å². The Hall–Kier alpha value is -1.39. The fourth-order valence-corrected chi connectivity index (χ4v) is 3.17. The Labute approximate surface area is 126 Å². The van der Waals surface area contributed by atoms with Crippen LogP contribution in [0.25, 0.3) is 0 Å². The molecule has 1 saturated heterocycles. The summed E-state index contributed by atoms with van der Waals surface area (Å²) in [6, 6.07) is 10.3. The van der Waals surface area contributed by atoms with Crippen LogP contribution >= 0.6 is 0 Å². The number of nitrogens with zero attached hydrogens (tertiary/aromatic N) is 1. The zero-order valence-corrected chi connectivity index (χ0v) is 12.9. The number of aliphatic hydroxyl groups excluding tert-OH is 1. The van der Waals surface area contributed by atoms with Crippen LogP contribution in [0.2, 0.25) is 0 Å². The van der Waals surface area contributed by atoms with E-state index in [2.05, 4.69) is 11.9 Å². The van der Waals surface area contributed by atoms with Gasteiger partial charge in [-0.3, -0.25) is 9.69 Å². The van der Waals surface area contributed by atoms with E-state index in [1.807, 2.05) is 30.3 Å². The minimum atomic E-state index is -0.449. The first-order chi connectivity index (χ1) is 10.1. The number of methoxy groups -OCH3 is 1. The minimum absolute atomic E-state index is 0.156.